The lowest BCUT2D eigenvalue weighted by Gasteiger charge is -2.35. The van der Waals surface area contributed by atoms with Gasteiger partial charge in [-0.25, -0.2) is 8.42 Å². The van der Waals surface area contributed by atoms with Gasteiger partial charge in [0.2, 0.25) is 11.8 Å². The summed E-state index contributed by atoms with van der Waals surface area (Å²) in [5, 5.41) is 4.09. The molecule has 0 bridgehead atoms. The molecule has 0 unspecified atom stereocenters. The van der Waals surface area contributed by atoms with Crippen LogP contribution in [-0.2, 0) is 26.2 Å². The maximum Gasteiger partial charge on any atom is 0.264 e. The van der Waals surface area contributed by atoms with Gasteiger partial charge in [0.05, 0.1) is 10.6 Å². The molecule has 3 rings (SSSR count). The van der Waals surface area contributed by atoms with Crippen molar-refractivity contribution in [3.8, 4) is 0 Å². The van der Waals surface area contributed by atoms with Crippen LogP contribution in [0.25, 0.3) is 0 Å². The number of carbonyl (C=O) groups excluding carboxylic acids is 2. The maximum atomic E-state index is 14.1. The predicted octanol–water partition coefficient (Wildman–Crippen LogP) is 6.87. The number of anilines is 1. The Morgan fingerprint density at radius 3 is 2.02 bits per heavy atom. The smallest absolute Gasteiger partial charge is 0.264 e. The first kappa shape index (κ1) is 32.7. The molecular weight excluding hydrogens is 605 g/mol. The summed E-state index contributed by atoms with van der Waals surface area (Å²) in [5.41, 5.74) is 1.15. The second kappa shape index (κ2) is 13.5. The third kappa shape index (κ3) is 8.61. The molecule has 0 spiro atoms. The molecule has 41 heavy (non-hydrogen) atoms. The number of amides is 2. The molecule has 0 saturated heterocycles. The van der Waals surface area contributed by atoms with Crippen molar-refractivity contribution < 1.29 is 18.0 Å². The van der Waals surface area contributed by atoms with Gasteiger partial charge in [-0.15, -0.1) is 0 Å². The number of hydrogen-bond donors (Lipinski definition) is 1. The van der Waals surface area contributed by atoms with Crippen LogP contribution in [-0.4, -0.2) is 43.3 Å². The summed E-state index contributed by atoms with van der Waals surface area (Å²) in [6, 6.07) is 16.5. The molecule has 1 N–H and O–H groups in total. The van der Waals surface area contributed by atoms with Crippen LogP contribution in [0.4, 0.5) is 5.69 Å². The summed E-state index contributed by atoms with van der Waals surface area (Å²) >= 11 is 18.6. The van der Waals surface area contributed by atoms with Crippen molar-refractivity contribution in [1.82, 2.24) is 10.2 Å². The zero-order chi connectivity index (χ0) is 30.5. The molecule has 7 nitrogen and oxygen atoms in total. The molecule has 0 heterocycles. The summed E-state index contributed by atoms with van der Waals surface area (Å²) in [7, 11) is -4.18. The van der Waals surface area contributed by atoms with E-state index in [9.17, 15) is 18.0 Å². The molecule has 1 atom stereocenters. The lowest BCUT2D eigenvalue weighted by molar-refractivity contribution is -0.141. The van der Waals surface area contributed by atoms with Crippen molar-refractivity contribution in [2.45, 2.75) is 64.1 Å². The first-order valence-corrected chi connectivity index (χ1v) is 15.6. The van der Waals surface area contributed by atoms with E-state index in [0.717, 1.165) is 9.87 Å². The zero-order valence-electron chi connectivity index (χ0n) is 23.6. The van der Waals surface area contributed by atoms with Gasteiger partial charge in [-0.3, -0.25) is 13.9 Å². The molecule has 3 aromatic rings. The van der Waals surface area contributed by atoms with Crippen LogP contribution in [0.3, 0.4) is 0 Å². The third-order valence-corrected chi connectivity index (χ3v) is 8.87. The molecule has 220 valence electrons. The Labute approximate surface area is 257 Å². The number of hydrogen-bond acceptors (Lipinski definition) is 4. The molecule has 0 aliphatic rings. The van der Waals surface area contributed by atoms with Crippen LogP contribution in [0.15, 0.2) is 71.6 Å². The number of halogens is 3. The lowest BCUT2D eigenvalue weighted by atomic mass is 10.1. The summed E-state index contributed by atoms with van der Waals surface area (Å²) in [5.74, 6) is -0.949. The Kier molecular flexibility index (Phi) is 10.7. The summed E-state index contributed by atoms with van der Waals surface area (Å²) in [6.45, 7) is 8.57. The molecule has 2 amide bonds. The summed E-state index contributed by atoms with van der Waals surface area (Å²) < 4.78 is 28.8. The van der Waals surface area contributed by atoms with Crippen molar-refractivity contribution in [1.29, 1.82) is 0 Å². The Morgan fingerprint density at radius 1 is 0.902 bits per heavy atom. The van der Waals surface area contributed by atoms with E-state index >= 15 is 0 Å². The van der Waals surface area contributed by atoms with Crippen LogP contribution >= 0.6 is 34.8 Å². The molecule has 0 aliphatic carbocycles. The average Bonchev–Trinajstić information content (AvgIpc) is 2.88. The Balaban J connectivity index is 2.09. The Hall–Kier alpha value is -2.78. The number of sulfonamides is 1. The van der Waals surface area contributed by atoms with E-state index in [4.69, 9.17) is 34.8 Å². The van der Waals surface area contributed by atoms with Gasteiger partial charge in [-0.05, 0) is 88.2 Å². The van der Waals surface area contributed by atoms with Crippen molar-refractivity contribution in [3.63, 3.8) is 0 Å². The Morgan fingerprint density at radius 2 is 1.49 bits per heavy atom. The van der Waals surface area contributed by atoms with E-state index < -0.39 is 34.1 Å². The highest BCUT2D eigenvalue weighted by Crippen LogP contribution is 2.28. The van der Waals surface area contributed by atoms with E-state index in [-0.39, 0.29) is 29.5 Å². The van der Waals surface area contributed by atoms with Crippen molar-refractivity contribution in [2.75, 3.05) is 10.8 Å². The minimum atomic E-state index is -4.18. The van der Waals surface area contributed by atoms with E-state index in [1.54, 1.807) is 49.4 Å². The highest BCUT2D eigenvalue weighted by Gasteiger charge is 2.35. The monoisotopic (exact) mass is 637 g/mol. The van der Waals surface area contributed by atoms with E-state index in [1.165, 1.54) is 29.2 Å². The number of carbonyl (C=O) groups is 2. The third-order valence-electron chi connectivity index (χ3n) is 6.24. The highest BCUT2D eigenvalue weighted by atomic mass is 35.5. The fraction of sp³-hybridized carbons (Fsp3) is 0.333. The molecule has 0 fully saturated rings. The van der Waals surface area contributed by atoms with Gasteiger partial charge < -0.3 is 10.2 Å². The number of nitrogens with zero attached hydrogens (tertiary/aromatic N) is 2. The predicted molar refractivity (Wildman–Crippen MR) is 166 cm³/mol. The topological polar surface area (TPSA) is 86.8 Å². The van der Waals surface area contributed by atoms with Crippen LogP contribution in [0, 0.1) is 6.92 Å². The molecule has 0 aromatic heterocycles. The summed E-state index contributed by atoms with van der Waals surface area (Å²) in [6.07, 6.45) is 0.282. The van der Waals surface area contributed by atoms with Crippen molar-refractivity contribution >= 4 is 62.3 Å². The maximum absolute atomic E-state index is 14.1. The van der Waals surface area contributed by atoms with Gasteiger partial charge in [-0.1, -0.05) is 65.5 Å². The lowest BCUT2D eigenvalue weighted by Crippen LogP contribution is -2.55. The van der Waals surface area contributed by atoms with Gasteiger partial charge >= 0.3 is 0 Å². The molecule has 0 saturated carbocycles. The molecule has 0 radical (unpaired) electrons. The van der Waals surface area contributed by atoms with Crippen LogP contribution in [0.2, 0.25) is 15.1 Å². The van der Waals surface area contributed by atoms with Gasteiger partial charge in [0.15, 0.2) is 0 Å². The fourth-order valence-electron chi connectivity index (χ4n) is 4.18. The highest BCUT2D eigenvalue weighted by molar-refractivity contribution is 7.92. The fourth-order valence-corrected chi connectivity index (χ4v) is 6.19. The number of nitrogens with one attached hydrogen (secondary N) is 1. The normalized spacial score (nSPS) is 12.5. The van der Waals surface area contributed by atoms with Crippen molar-refractivity contribution in [2.24, 2.45) is 0 Å². The first-order valence-electron chi connectivity index (χ1n) is 13.0. The van der Waals surface area contributed by atoms with Gasteiger partial charge in [0.1, 0.15) is 12.6 Å². The Bertz CT molecular complexity index is 1490. The minimum Gasteiger partial charge on any atom is -0.350 e. The van der Waals surface area contributed by atoms with E-state index in [2.05, 4.69) is 5.32 Å². The number of aryl methyl sites for hydroxylation is 1. The van der Waals surface area contributed by atoms with Gasteiger partial charge in [0.25, 0.3) is 10.0 Å². The molecule has 11 heteroatoms. The minimum absolute atomic E-state index is 0.0238. The van der Waals surface area contributed by atoms with Crippen LogP contribution < -0.4 is 9.62 Å². The van der Waals surface area contributed by atoms with Crippen LogP contribution in [0.1, 0.15) is 45.2 Å². The molecule has 3 aromatic carbocycles. The number of benzene rings is 3. The summed E-state index contributed by atoms with van der Waals surface area (Å²) in [4.78, 5) is 28.9. The SMILES string of the molecule is CC[C@H](C(=O)NC(C)(C)C)N(Cc1ccc(Cl)cc1Cl)C(=O)CN(c1ccc(Cl)cc1)S(=O)(=O)c1ccc(C)cc1. The zero-order valence-corrected chi connectivity index (χ0v) is 26.7. The van der Waals surface area contributed by atoms with Gasteiger partial charge in [-0.2, -0.15) is 0 Å². The average molecular weight is 639 g/mol. The van der Waals surface area contributed by atoms with Crippen molar-refractivity contribution in [3.05, 3.63) is 92.9 Å². The first-order chi connectivity index (χ1) is 19.1. The second-order valence-corrected chi connectivity index (χ2v) is 13.9. The van der Waals surface area contributed by atoms with E-state index in [0.29, 0.717) is 20.6 Å². The molecular formula is C30H34Cl3N3O4S. The second-order valence-electron chi connectivity index (χ2n) is 10.7. The van der Waals surface area contributed by atoms with Crippen LogP contribution in [0.5, 0.6) is 0 Å². The largest absolute Gasteiger partial charge is 0.350 e. The van der Waals surface area contributed by atoms with E-state index in [1.807, 2.05) is 27.7 Å². The number of rotatable bonds is 10. The molecule has 0 aliphatic heterocycles. The quantitative estimate of drug-likeness (QED) is 0.263. The van der Waals surface area contributed by atoms with Gasteiger partial charge in [0, 0.05) is 27.2 Å². The standard InChI is InChI=1S/C30H34Cl3N3O4S/c1-6-27(29(38)34-30(3,4)5)35(18-21-9-10-23(32)17-26(21)33)28(37)19-36(24-13-11-22(31)12-14-24)41(39,40)25-15-7-20(2)8-16-25/h7-17,27H,6,18-19H2,1-5H3,(H,34,38)/t27-/m1/s1.